The molecule has 0 fully saturated rings. The normalized spacial score (nSPS) is 13.3. The quantitative estimate of drug-likeness (QED) is 0.295. The smallest absolute Gasteiger partial charge is 0.409 e. The summed E-state index contributed by atoms with van der Waals surface area (Å²) < 4.78 is 36.2. The number of halogens is 3. The molecule has 8 heteroatoms. The van der Waals surface area contributed by atoms with Gasteiger partial charge in [-0.05, 0) is 0 Å². The molecule has 72 valence electrons. The molecule has 5 nitrogen and oxygen atoms in total. The Morgan fingerprint density at radius 3 is 2.69 bits per heavy atom. The molecule has 1 rings (SSSR count). The molecule has 0 aliphatic rings. The molecule has 1 heterocycles. The average Bonchev–Trinajstić information content (AvgIpc) is 2.49. The van der Waals surface area contributed by atoms with Crippen LogP contribution in [0.1, 0.15) is 5.69 Å². The Morgan fingerprint density at radius 1 is 1.62 bits per heavy atom. The van der Waals surface area contributed by atoms with Gasteiger partial charge in [0, 0.05) is 0 Å². The van der Waals surface area contributed by atoms with Crippen LogP contribution in [0.25, 0.3) is 0 Å². The number of nitrogens with two attached hydrogens (primary N) is 1. The van der Waals surface area contributed by atoms with Gasteiger partial charge in [-0.15, -0.1) is 13.2 Å². The molecule has 1 aromatic rings. The van der Waals surface area contributed by atoms with Crippen LogP contribution in [0.4, 0.5) is 13.2 Å². The highest BCUT2D eigenvalue weighted by molar-refractivity contribution is 5.95. The minimum atomic E-state index is -4.62. The van der Waals surface area contributed by atoms with Gasteiger partial charge in [0.25, 0.3) is 0 Å². The van der Waals surface area contributed by atoms with Crippen molar-refractivity contribution in [3.8, 4) is 0 Å². The number of nitrogens with zero attached hydrogens (tertiary/aromatic N) is 3. The van der Waals surface area contributed by atoms with Gasteiger partial charge in [0.05, 0.1) is 6.20 Å². The van der Waals surface area contributed by atoms with Gasteiger partial charge in [0.15, 0.2) is 5.84 Å². The Bertz CT molecular complexity index is 329. The van der Waals surface area contributed by atoms with Crippen LogP contribution in [0.3, 0.4) is 0 Å². The molecule has 13 heavy (non-hydrogen) atoms. The molecule has 0 aliphatic carbocycles. The number of amidine groups is 1. The molecule has 0 aromatic carbocycles. The molecule has 3 N–H and O–H groups in total. The van der Waals surface area contributed by atoms with Crippen LogP contribution in [0.5, 0.6) is 0 Å². The summed E-state index contributed by atoms with van der Waals surface area (Å²) in [5.74, 6) is -0.644. The summed E-state index contributed by atoms with van der Waals surface area (Å²) in [6.45, 7) is 0. The van der Waals surface area contributed by atoms with Crippen molar-refractivity contribution in [3.05, 3.63) is 18.2 Å². The van der Waals surface area contributed by atoms with Crippen molar-refractivity contribution in [1.82, 2.24) is 9.55 Å². The van der Waals surface area contributed by atoms with E-state index in [-0.39, 0.29) is 4.57 Å². The maximum atomic E-state index is 12.1. The number of rotatable bonds is 1. The number of alkyl halides is 3. The first-order valence-electron chi connectivity index (χ1n) is 3.04. The highest BCUT2D eigenvalue weighted by Crippen LogP contribution is 2.23. The third-order valence-electron chi connectivity index (χ3n) is 1.28. The van der Waals surface area contributed by atoms with Crippen molar-refractivity contribution in [2.75, 3.05) is 0 Å². The van der Waals surface area contributed by atoms with E-state index in [1.54, 1.807) is 0 Å². The van der Waals surface area contributed by atoms with E-state index in [9.17, 15) is 13.2 Å². The van der Waals surface area contributed by atoms with Crippen molar-refractivity contribution in [2.24, 2.45) is 10.9 Å². The van der Waals surface area contributed by atoms with E-state index in [4.69, 9.17) is 10.9 Å². The van der Waals surface area contributed by atoms with Crippen LogP contribution in [0, 0.1) is 0 Å². The van der Waals surface area contributed by atoms with Gasteiger partial charge in [-0.1, -0.05) is 5.16 Å². The van der Waals surface area contributed by atoms with Gasteiger partial charge in [-0.2, -0.15) is 0 Å². The largest absolute Gasteiger partial charge is 0.490 e. The summed E-state index contributed by atoms with van der Waals surface area (Å²) in [6, 6.07) is 0. The lowest BCUT2D eigenvalue weighted by atomic mass is 10.4. The predicted octanol–water partition coefficient (Wildman–Crippen LogP) is 0.454. The minimum Gasteiger partial charge on any atom is -0.409 e. The van der Waals surface area contributed by atoms with Crippen LogP contribution in [-0.4, -0.2) is 20.6 Å². The Labute approximate surface area is 70.3 Å². The zero-order chi connectivity index (χ0) is 10.1. The second-order valence-corrected chi connectivity index (χ2v) is 2.10. The molecule has 1 aromatic heterocycles. The summed E-state index contributed by atoms with van der Waals surface area (Å²) in [5.41, 5.74) is 4.47. The van der Waals surface area contributed by atoms with Crippen LogP contribution in [0.2, 0.25) is 0 Å². The second kappa shape index (κ2) is 2.96. The first-order chi connectivity index (χ1) is 5.96. The van der Waals surface area contributed by atoms with Crippen LogP contribution < -0.4 is 5.73 Å². The first kappa shape index (κ1) is 9.36. The zero-order valence-electron chi connectivity index (χ0n) is 6.15. The lowest BCUT2D eigenvalue weighted by molar-refractivity contribution is -0.204. The summed E-state index contributed by atoms with van der Waals surface area (Å²) in [4.78, 5) is 3.23. The summed E-state index contributed by atoms with van der Waals surface area (Å²) in [5, 5.41) is 10.6. The predicted molar refractivity (Wildman–Crippen MR) is 36.0 cm³/mol. The molecule has 0 saturated carbocycles. The van der Waals surface area contributed by atoms with Crippen molar-refractivity contribution in [3.63, 3.8) is 0 Å². The SMILES string of the molecule is N/C(=N/O)c1cncn1C(F)(F)F. The Balaban J connectivity index is 3.18. The number of hydrogen-bond acceptors (Lipinski definition) is 3. The van der Waals surface area contributed by atoms with Crippen molar-refractivity contribution < 1.29 is 18.4 Å². The topological polar surface area (TPSA) is 76.4 Å². The van der Waals surface area contributed by atoms with E-state index in [1.807, 2.05) is 0 Å². The molecule has 0 aliphatic heterocycles. The van der Waals surface area contributed by atoms with E-state index >= 15 is 0 Å². The maximum absolute atomic E-state index is 12.1. The van der Waals surface area contributed by atoms with Crippen LogP contribution in [0.15, 0.2) is 17.7 Å². The molecule has 0 radical (unpaired) electrons. The van der Waals surface area contributed by atoms with E-state index < -0.39 is 17.8 Å². The fraction of sp³-hybridized carbons (Fsp3) is 0.200. The van der Waals surface area contributed by atoms with Gasteiger partial charge < -0.3 is 10.9 Å². The standard InChI is InChI=1S/C5H5F3N4O/c6-5(7,8)12-2-10-1-3(12)4(9)11-13/h1-2,13H,(H2,9,11). The lowest BCUT2D eigenvalue weighted by Gasteiger charge is -2.09. The van der Waals surface area contributed by atoms with E-state index in [0.717, 1.165) is 6.20 Å². The summed E-state index contributed by atoms with van der Waals surface area (Å²) >= 11 is 0. The number of hydrogen-bond donors (Lipinski definition) is 2. The van der Waals surface area contributed by atoms with Crippen molar-refractivity contribution >= 4 is 5.84 Å². The number of oxime groups is 1. The third-order valence-corrected chi connectivity index (χ3v) is 1.28. The van der Waals surface area contributed by atoms with Gasteiger partial charge in [-0.3, -0.25) is 0 Å². The monoisotopic (exact) mass is 194 g/mol. The molecule has 0 spiro atoms. The Hall–Kier alpha value is -1.73. The van der Waals surface area contributed by atoms with E-state index in [2.05, 4.69) is 10.1 Å². The fourth-order valence-electron chi connectivity index (χ4n) is 0.738. The van der Waals surface area contributed by atoms with Crippen molar-refractivity contribution in [2.45, 2.75) is 6.30 Å². The maximum Gasteiger partial charge on any atom is 0.490 e. The van der Waals surface area contributed by atoms with E-state index in [0.29, 0.717) is 6.33 Å². The van der Waals surface area contributed by atoms with Gasteiger partial charge >= 0.3 is 6.30 Å². The molecular weight excluding hydrogens is 189 g/mol. The van der Waals surface area contributed by atoms with Gasteiger partial charge in [0.2, 0.25) is 0 Å². The molecular formula is C5H5F3N4O. The van der Waals surface area contributed by atoms with E-state index in [1.165, 1.54) is 0 Å². The zero-order valence-corrected chi connectivity index (χ0v) is 6.15. The highest BCUT2D eigenvalue weighted by Gasteiger charge is 2.33. The second-order valence-electron chi connectivity index (χ2n) is 2.10. The van der Waals surface area contributed by atoms with Crippen LogP contribution >= 0.6 is 0 Å². The summed E-state index contributed by atoms with van der Waals surface area (Å²) in [6.07, 6.45) is -3.24. The minimum absolute atomic E-state index is 0.151. The third kappa shape index (κ3) is 1.71. The number of imidazole rings is 1. The fourth-order valence-corrected chi connectivity index (χ4v) is 0.738. The molecule has 0 saturated heterocycles. The first-order valence-corrected chi connectivity index (χ1v) is 3.04. The average molecular weight is 194 g/mol. The van der Waals surface area contributed by atoms with Crippen LogP contribution in [-0.2, 0) is 6.30 Å². The highest BCUT2D eigenvalue weighted by atomic mass is 19.4. The van der Waals surface area contributed by atoms with Crippen molar-refractivity contribution in [1.29, 1.82) is 0 Å². The number of aromatic nitrogens is 2. The van der Waals surface area contributed by atoms with Gasteiger partial charge in [-0.25, -0.2) is 9.55 Å². The Kier molecular flexibility index (Phi) is 2.13. The lowest BCUT2D eigenvalue weighted by Crippen LogP contribution is -2.25. The summed E-state index contributed by atoms with van der Waals surface area (Å²) in [7, 11) is 0. The molecule has 0 unspecified atom stereocenters. The van der Waals surface area contributed by atoms with Gasteiger partial charge in [0.1, 0.15) is 12.0 Å². The molecule has 0 amide bonds. The molecule has 0 bridgehead atoms. The molecule has 0 atom stereocenters. The Morgan fingerprint density at radius 2 is 2.23 bits per heavy atom.